The monoisotopic (exact) mass is 831 g/mol. The number of hydrogen-bond acceptors (Lipinski definition) is 2. The summed E-state index contributed by atoms with van der Waals surface area (Å²) in [5.74, 6) is 0.0358. The fourth-order valence-electron chi connectivity index (χ4n) is 9.26. The first-order chi connectivity index (χ1) is 29.3. The van der Waals surface area contributed by atoms with Crippen molar-refractivity contribution in [1.82, 2.24) is 0 Å². The summed E-state index contributed by atoms with van der Waals surface area (Å²) < 4.78 is 5.51. The fourth-order valence-corrected chi connectivity index (χ4v) is 9.26. The molecule has 0 aliphatic rings. The van der Waals surface area contributed by atoms with Crippen LogP contribution in [0.15, 0.2) is 0 Å². The summed E-state index contributed by atoms with van der Waals surface area (Å²) in [5.41, 5.74) is 0. The van der Waals surface area contributed by atoms with Gasteiger partial charge in [-0.1, -0.05) is 335 Å². The minimum Gasteiger partial charge on any atom is -0.466 e. The molecule has 2 nitrogen and oxygen atoms in total. The van der Waals surface area contributed by atoms with E-state index < -0.39 is 0 Å². The molecule has 354 valence electrons. The van der Waals surface area contributed by atoms with Gasteiger partial charge < -0.3 is 4.74 Å². The van der Waals surface area contributed by atoms with Crippen molar-refractivity contribution in [2.45, 2.75) is 354 Å². The minimum absolute atomic E-state index is 0.0358. The first-order valence-electron chi connectivity index (χ1n) is 28.5. The fraction of sp³-hybridized carbons (Fsp3) is 0.982. The summed E-state index contributed by atoms with van der Waals surface area (Å²) in [4.78, 5) is 12.1. The van der Waals surface area contributed by atoms with Crippen molar-refractivity contribution >= 4 is 5.97 Å². The first kappa shape index (κ1) is 58.5. The van der Waals surface area contributed by atoms with E-state index in [4.69, 9.17) is 4.74 Å². The lowest BCUT2D eigenvalue weighted by atomic mass is 10.0. The molecule has 0 unspecified atom stereocenters. The van der Waals surface area contributed by atoms with Gasteiger partial charge in [0.1, 0.15) is 0 Å². The number of esters is 1. The molecule has 0 aliphatic heterocycles. The molecule has 0 radical (unpaired) electrons. The number of carbonyl (C=O) groups excluding carboxylic acids is 1. The summed E-state index contributed by atoms with van der Waals surface area (Å²) in [5, 5.41) is 0. The Labute approximate surface area is 374 Å². The lowest BCUT2D eigenvalue weighted by molar-refractivity contribution is -0.143. The predicted octanol–water partition coefficient (Wildman–Crippen LogP) is 21.2. The van der Waals surface area contributed by atoms with E-state index in [-0.39, 0.29) is 5.97 Å². The van der Waals surface area contributed by atoms with Gasteiger partial charge in [-0.25, -0.2) is 0 Å². The smallest absolute Gasteiger partial charge is 0.305 e. The summed E-state index contributed by atoms with van der Waals surface area (Å²) in [6, 6.07) is 0. The van der Waals surface area contributed by atoms with Crippen LogP contribution in [0.25, 0.3) is 0 Å². The molecule has 2 heteroatoms. The van der Waals surface area contributed by atoms with E-state index in [0.29, 0.717) is 13.0 Å². The van der Waals surface area contributed by atoms with Crippen LogP contribution in [0.4, 0.5) is 0 Å². The van der Waals surface area contributed by atoms with Crippen LogP contribution in [-0.2, 0) is 9.53 Å². The van der Waals surface area contributed by atoms with Gasteiger partial charge >= 0.3 is 5.97 Å². The maximum Gasteiger partial charge on any atom is 0.305 e. The van der Waals surface area contributed by atoms with Gasteiger partial charge in [0.2, 0.25) is 0 Å². The number of rotatable bonds is 54. The highest BCUT2D eigenvalue weighted by atomic mass is 16.5. The molecule has 0 fully saturated rings. The Morgan fingerprint density at radius 3 is 0.559 bits per heavy atom. The molecule has 0 amide bonds. The third kappa shape index (κ3) is 55.5. The van der Waals surface area contributed by atoms with E-state index in [1.807, 2.05) is 0 Å². The topological polar surface area (TPSA) is 26.3 Å². The average molecular weight is 832 g/mol. The second-order valence-electron chi connectivity index (χ2n) is 19.6. The third-order valence-corrected chi connectivity index (χ3v) is 13.5. The van der Waals surface area contributed by atoms with Gasteiger partial charge in [-0.3, -0.25) is 4.79 Å². The van der Waals surface area contributed by atoms with Crippen LogP contribution in [0.1, 0.15) is 354 Å². The predicted molar refractivity (Wildman–Crippen MR) is 267 cm³/mol. The van der Waals surface area contributed by atoms with Gasteiger partial charge in [0, 0.05) is 6.42 Å². The number of unbranched alkanes of at least 4 members (excludes halogenated alkanes) is 50. The maximum atomic E-state index is 12.1. The Morgan fingerprint density at radius 2 is 0.373 bits per heavy atom. The van der Waals surface area contributed by atoms with Crippen LogP contribution < -0.4 is 0 Å². The van der Waals surface area contributed by atoms with Gasteiger partial charge in [0.05, 0.1) is 6.61 Å². The van der Waals surface area contributed by atoms with Crippen LogP contribution in [0.3, 0.4) is 0 Å². The Balaban J connectivity index is 3.14. The molecular weight excluding hydrogens is 717 g/mol. The van der Waals surface area contributed by atoms with E-state index >= 15 is 0 Å². The summed E-state index contributed by atoms with van der Waals surface area (Å²) in [7, 11) is 0. The number of hydrogen-bond donors (Lipinski definition) is 0. The van der Waals surface area contributed by atoms with Crippen molar-refractivity contribution in [1.29, 1.82) is 0 Å². The second kappa shape index (κ2) is 55.5. The Kier molecular flexibility index (Phi) is 55.0. The van der Waals surface area contributed by atoms with Crippen LogP contribution in [0.2, 0.25) is 0 Å². The lowest BCUT2D eigenvalue weighted by Gasteiger charge is -2.06. The quantitative estimate of drug-likeness (QED) is 0.0451. The van der Waals surface area contributed by atoms with Crippen LogP contribution in [0, 0.1) is 0 Å². The number of carbonyl (C=O) groups is 1. The van der Waals surface area contributed by atoms with Crippen molar-refractivity contribution in [3.8, 4) is 0 Å². The average Bonchev–Trinajstić information content (AvgIpc) is 3.24. The van der Waals surface area contributed by atoms with E-state index in [0.717, 1.165) is 12.8 Å². The molecule has 0 aromatic carbocycles. The van der Waals surface area contributed by atoms with Gasteiger partial charge in [0.15, 0.2) is 0 Å². The summed E-state index contributed by atoms with van der Waals surface area (Å²) >= 11 is 0. The molecule has 0 heterocycles. The molecule has 0 atom stereocenters. The van der Waals surface area contributed by atoms with Crippen molar-refractivity contribution in [2.75, 3.05) is 6.61 Å². The summed E-state index contributed by atoms with van der Waals surface area (Å²) in [6.45, 7) is 5.25. The highest BCUT2D eigenvalue weighted by Gasteiger charge is 2.03. The maximum absolute atomic E-state index is 12.1. The molecule has 0 aliphatic carbocycles. The molecule has 0 saturated heterocycles. The standard InChI is InChI=1S/C57H114O2/c1-3-5-7-9-11-13-15-17-19-21-23-25-27-28-29-30-31-32-34-36-38-40-42-44-46-48-50-52-54-56-59-57(58)55-53-51-49-47-45-43-41-39-37-35-33-26-24-22-20-18-16-14-12-10-8-6-4-2/h3-56H2,1-2H3. The summed E-state index contributed by atoms with van der Waals surface area (Å²) in [6.07, 6.45) is 74.3. The van der Waals surface area contributed by atoms with Crippen LogP contribution >= 0.6 is 0 Å². The Bertz CT molecular complexity index is 732. The van der Waals surface area contributed by atoms with Crippen LogP contribution in [-0.4, -0.2) is 12.6 Å². The van der Waals surface area contributed by atoms with Gasteiger partial charge in [-0.2, -0.15) is 0 Å². The van der Waals surface area contributed by atoms with E-state index in [1.54, 1.807) is 0 Å². The zero-order valence-electron chi connectivity index (χ0n) is 41.5. The van der Waals surface area contributed by atoms with E-state index in [1.165, 1.54) is 321 Å². The zero-order chi connectivity index (χ0) is 42.5. The first-order valence-corrected chi connectivity index (χ1v) is 28.5. The molecular formula is C57H114O2. The minimum atomic E-state index is 0.0358. The van der Waals surface area contributed by atoms with Gasteiger partial charge in [0.25, 0.3) is 0 Å². The zero-order valence-corrected chi connectivity index (χ0v) is 41.5. The van der Waals surface area contributed by atoms with Crippen molar-refractivity contribution in [2.24, 2.45) is 0 Å². The molecule has 59 heavy (non-hydrogen) atoms. The molecule has 0 rings (SSSR count). The molecule has 0 aromatic heterocycles. The third-order valence-electron chi connectivity index (χ3n) is 13.5. The van der Waals surface area contributed by atoms with E-state index in [2.05, 4.69) is 13.8 Å². The van der Waals surface area contributed by atoms with Crippen molar-refractivity contribution in [3.63, 3.8) is 0 Å². The highest BCUT2D eigenvalue weighted by Crippen LogP contribution is 2.18. The van der Waals surface area contributed by atoms with Gasteiger partial charge in [-0.15, -0.1) is 0 Å². The Hall–Kier alpha value is -0.530. The van der Waals surface area contributed by atoms with Crippen LogP contribution in [0.5, 0.6) is 0 Å². The molecule has 0 saturated carbocycles. The number of ether oxygens (including phenoxy) is 1. The molecule has 0 aromatic rings. The lowest BCUT2D eigenvalue weighted by Crippen LogP contribution is -2.05. The van der Waals surface area contributed by atoms with Crippen molar-refractivity contribution in [3.05, 3.63) is 0 Å². The Morgan fingerprint density at radius 1 is 0.220 bits per heavy atom. The van der Waals surface area contributed by atoms with Crippen molar-refractivity contribution < 1.29 is 9.53 Å². The largest absolute Gasteiger partial charge is 0.466 e. The SMILES string of the molecule is CCCCCCCCCCCCCCCCCCCCCCCCCCCCCCCOC(=O)CCCCCCCCCCCCCCCCCCCCCCCCC. The molecule has 0 spiro atoms. The highest BCUT2D eigenvalue weighted by molar-refractivity contribution is 5.69. The van der Waals surface area contributed by atoms with E-state index in [9.17, 15) is 4.79 Å². The second-order valence-corrected chi connectivity index (χ2v) is 19.6. The molecule has 0 bridgehead atoms. The normalized spacial score (nSPS) is 11.6. The van der Waals surface area contributed by atoms with Gasteiger partial charge in [-0.05, 0) is 12.8 Å². The molecule has 0 N–H and O–H groups in total.